The molecule has 11 heteroatoms. The summed E-state index contributed by atoms with van der Waals surface area (Å²) in [6.07, 6.45) is 5.40. The van der Waals surface area contributed by atoms with Gasteiger partial charge in [-0.25, -0.2) is 9.97 Å². The number of hydrogen-bond donors (Lipinski definition) is 4. The summed E-state index contributed by atoms with van der Waals surface area (Å²) in [4.78, 5) is 34.4. The third-order valence-electron chi connectivity index (χ3n) is 5.46. The maximum Gasteiger partial charge on any atom is 0.272 e. The predicted octanol–water partition coefficient (Wildman–Crippen LogP) is 2.95. The van der Waals surface area contributed by atoms with Crippen LogP contribution >= 0.6 is 0 Å². The summed E-state index contributed by atoms with van der Waals surface area (Å²) in [5.74, 6) is -0.261. The maximum absolute atomic E-state index is 12.5. The van der Waals surface area contributed by atoms with Crippen LogP contribution < -0.4 is 31.1 Å². The lowest BCUT2D eigenvalue weighted by molar-refractivity contribution is -0.111. The molecule has 2 aromatic carbocycles. The molecule has 2 heterocycles. The van der Waals surface area contributed by atoms with Crippen LogP contribution in [0.25, 0.3) is 0 Å². The van der Waals surface area contributed by atoms with Crippen LogP contribution in [0.3, 0.4) is 0 Å². The number of hydrazine groups is 1. The number of carbonyl (C=O) groups is 2. The first-order chi connectivity index (χ1) is 17.6. The molecule has 186 valence electrons. The van der Waals surface area contributed by atoms with Crippen LogP contribution in [0.5, 0.6) is 5.75 Å². The van der Waals surface area contributed by atoms with Crippen molar-refractivity contribution < 1.29 is 19.1 Å². The number of amides is 2. The molecule has 0 bridgehead atoms. The van der Waals surface area contributed by atoms with Gasteiger partial charge in [-0.2, -0.15) is 0 Å². The van der Waals surface area contributed by atoms with Crippen molar-refractivity contribution in [1.29, 1.82) is 0 Å². The first-order valence-electron chi connectivity index (χ1n) is 11.2. The number of benzene rings is 2. The van der Waals surface area contributed by atoms with E-state index in [1.807, 2.05) is 30.3 Å². The van der Waals surface area contributed by atoms with E-state index in [1.54, 1.807) is 13.2 Å². The summed E-state index contributed by atoms with van der Waals surface area (Å²) >= 11 is 0. The fraction of sp³-hybridized carbons (Fsp3) is 0.200. The second-order valence-corrected chi connectivity index (χ2v) is 7.71. The smallest absolute Gasteiger partial charge is 0.272 e. The summed E-state index contributed by atoms with van der Waals surface area (Å²) in [6, 6.07) is 11.1. The summed E-state index contributed by atoms with van der Waals surface area (Å²) in [5, 5.41) is 6.23. The third kappa shape index (κ3) is 5.70. The van der Waals surface area contributed by atoms with Crippen molar-refractivity contribution in [1.82, 2.24) is 15.4 Å². The van der Waals surface area contributed by atoms with Gasteiger partial charge < -0.3 is 25.0 Å². The fourth-order valence-corrected chi connectivity index (χ4v) is 3.70. The lowest BCUT2D eigenvalue weighted by Gasteiger charge is -2.32. The molecule has 36 heavy (non-hydrogen) atoms. The van der Waals surface area contributed by atoms with Crippen molar-refractivity contribution in [2.24, 2.45) is 0 Å². The number of rotatable bonds is 9. The SMILES string of the molecule is C=CC(=O)Nc1ccccc1Nc1c(N2CCOCC2)ccc(NNC(=O)c2cncnc2)c1OC. The van der Waals surface area contributed by atoms with E-state index in [0.717, 1.165) is 5.69 Å². The van der Waals surface area contributed by atoms with Gasteiger partial charge in [-0.3, -0.25) is 20.4 Å². The van der Waals surface area contributed by atoms with Gasteiger partial charge in [0.2, 0.25) is 5.91 Å². The van der Waals surface area contributed by atoms with Crippen LogP contribution in [0.15, 0.2) is 67.8 Å². The number of anilines is 5. The minimum absolute atomic E-state index is 0.305. The molecular weight excluding hydrogens is 462 g/mol. The van der Waals surface area contributed by atoms with Gasteiger partial charge in [-0.15, -0.1) is 0 Å². The van der Waals surface area contributed by atoms with E-state index in [2.05, 4.69) is 42.9 Å². The normalized spacial score (nSPS) is 12.9. The van der Waals surface area contributed by atoms with Crippen molar-refractivity contribution in [3.05, 3.63) is 73.3 Å². The number of aromatic nitrogens is 2. The molecule has 1 aliphatic rings. The highest BCUT2D eigenvalue weighted by molar-refractivity contribution is 6.02. The largest absolute Gasteiger partial charge is 0.492 e. The van der Waals surface area contributed by atoms with Gasteiger partial charge >= 0.3 is 0 Å². The first-order valence-corrected chi connectivity index (χ1v) is 11.2. The first kappa shape index (κ1) is 24.5. The molecule has 0 radical (unpaired) electrons. The highest BCUT2D eigenvalue weighted by Crippen LogP contribution is 2.43. The Morgan fingerprint density at radius 3 is 2.47 bits per heavy atom. The van der Waals surface area contributed by atoms with E-state index in [4.69, 9.17) is 9.47 Å². The molecule has 4 N–H and O–H groups in total. The topological polar surface area (TPSA) is 130 Å². The van der Waals surface area contributed by atoms with Gasteiger partial charge in [0.25, 0.3) is 5.91 Å². The van der Waals surface area contributed by atoms with Crippen LogP contribution in [0.4, 0.5) is 28.4 Å². The Hall–Kier alpha value is -4.64. The average Bonchev–Trinajstić information content (AvgIpc) is 2.93. The monoisotopic (exact) mass is 489 g/mol. The van der Waals surface area contributed by atoms with Crippen molar-refractivity contribution in [3.8, 4) is 5.75 Å². The van der Waals surface area contributed by atoms with Crippen molar-refractivity contribution in [3.63, 3.8) is 0 Å². The Bertz CT molecular complexity index is 1230. The number of para-hydroxylation sites is 2. The highest BCUT2D eigenvalue weighted by Gasteiger charge is 2.22. The Morgan fingerprint density at radius 1 is 1.06 bits per heavy atom. The fourth-order valence-electron chi connectivity index (χ4n) is 3.70. The Morgan fingerprint density at radius 2 is 1.78 bits per heavy atom. The number of methoxy groups -OCH3 is 1. The van der Waals surface area contributed by atoms with Gasteiger partial charge in [-0.05, 0) is 30.3 Å². The molecular formula is C25H27N7O4. The van der Waals surface area contributed by atoms with E-state index >= 15 is 0 Å². The molecule has 2 amide bonds. The quantitative estimate of drug-likeness (QED) is 0.265. The van der Waals surface area contributed by atoms with Crippen molar-refractivity contribution >= 4 is 40.3 Å². The van der Waals surface area contributed by atoms with E-state index in [0.29, 0.717) is 60.4 Å². The maximum atomic E-state index is 12.5. The second-order valence-electron chi connectivity index (χ2n) is 7.71. The lowest BCUT2D eigenvalue weighted by Crippen LogP contribution is -2.36. The number of nitrogens with zero attached hydrogens (tertiary/aromatic N) is 3. The summed E-state index contributed by atoms with van der Waals surface area (Å²) < 4.78 is 11.3. The molecule has 0 spiro atoms. The number of hydrogen-bond acceptors (Lipinski definition) is 9. The van der Waals surface area contributed by atoms with Gasteiger partial charge in [0, 0.05) is 25.5 Å². The van der Waals surface area contributed by atoms with Gasteiger partial charge in [0.05, 0.1) is 48.6 Å². The van der Waals surface area contributed by atoms with Crippen molar-refractivity contribution in [2.75, 3.05) is 54.4 Å². The van der Waals surface area contributed by atoms with Gasteiger partial charge in [0.1, 0.15) is 12.0 Å². The summed E-state index contributed by atoms with van der Waals surface area (Å²) in [5.41, 5.74) is 9.17. The standard InChI is InChI=1S/C25H27N7O4/c1-3-22(33)28-18-6-4-5-7-19(18)29-23-21(32-10-12-36-13-11-32)9-8-20(24(23)35-2)30-31-25(34)17-14-26-16-27-15-17/h3-9,14-16,29-30H,1,10-13H2,2H3,(H,28,33)(H,31,34). The van der Waals surface area contributed by atoms with Crippen molar-refractivity contribution in [2.45, 2.75) is 0 Å². The van der Waals surface area contributed by atoms with Crippen LogP contribution in [0, 0.1) is 0 Å². The molecule has 1 aliphatic heterocycles. The number of morpholine rings is 1. The van der Waals surface area contributed by atoms with Crippen LogP contribution in [0.1, 0.15) is 10.4 Å². The van der Waals surface area contributed by atoms with E-state index in [1.165, 1.54) is 24.8 Å². The molecule has 0 aliphatic carbocycles. The zero-order chi connectivity index (χ0) is 25.3. The number of carbonyl (C=O) groups excluding carboxylic acids is 2. The minimum atomic E-state index is -0.401. The molecule has 11 nitrogen and oxygen atoms in total. The van der Waals surface area contributed by atoms with E-state index in [-0.39, 0.29) is 5.91 Å². The van der Waals surface area contributed by atoms with E-state index in [9.17, 15) is 9.59 Å². The van der Waals surface area contributed by atoms with Gasteiger partial charge in [0.15, 0.2) is 5.75 Å². The molecule has 0 saturated carbocycles. The van der Waals surface area contributed by atoms with E-state index < -0.39 is 5.91 Å². The Labute approximate surface area is 208 Å². The van der Waals surface area contributed by atoms with Crippen LogP contribution in [-0.4, -0.2) is 55.2 Å². The lowest BCUT2D eigenvalue weighted by atomic mass is 10.1. The number of nitrogens with one attached hydrogen (secondary N) is 4. The second kappa shape index (κ2) is 11.7. The molecule has 1 fully saturated rings. The highest BCUT2D eigenvalue weighted by atomic mass is 16.5. The van der Waals surface area contributed by atoms with Crippen LogP contribution in [0.2, 0.25) is 0 Å². The third-order valence-corrected chi connectivity index (χ3v) is 5.46. The zero-order valence-corrected chi connectivity index (χ0v) is 19.8. The molecule has 1 aromatic heterocycles. The summed E-state index contributed by atoms with van der Waals surface area (Å²) in [7, 11) is 1.55. The Balaban J connectivity index is 1.69. The zero-order valence-electron chi connectivity index (χ0n) is 19.8. The average molecular weight is 490 g/mol. The minimum Gasteiger partial charge on any atom is -0.492 e. The Kier molecular flexibility index (Phi) is 7.94. The molecule has 0 unspecified atom stereocenters. The molecule has 4 rings (SSSR count). The van der Waals surface area contributed by atoms with Crippen LogP contribution in [-0.2, 0) is 9.53 Å². The molecule has 3 aromatic rings. The molecule has 0 atom stereocenters. The molecule has 1 saturated heterocycles. The van der Waals surface area contributed by atoms with Gasteiger partial charge in [-0.1, -0.05) is 18.7 Å². The number of ether oxygens (including phenoxy) is 2. The predicted molar refractivity (Wildman–Crippen MR) is 138 cm³/mol. The summed E-state index contributed by atoms with van der Waals surface area (Å²) in [6.45, 7) is 6.12.